The van der Waals surface area contributed by atoms with E-state index < -0.39 is 0 Å². The number of thiophene rings is 2. The van der Waals surface area contributed by atoms with Gasteiger partial charge < -0.3 is 9.47 Å². The van der Waals surface area contributed by atoms with E-state index in [0.29, 0.717) is 0 Å². The molecule has 0 bridgehead atoms. The van der Waals surface area contributed by atoms with Crippen molar-refractivity contribution in [1.82, 2.24) is 4.57 Å². The largest absolute Gasteiger partial charge is 0.310 e. The second kappa shape index (κ2) is 9.91. The van der Waals surface area contributed by atoms with Crippen molar-refractivity contribution in [3.8, 4) is 5.69 Å². The van der Waals surface area contributed by atoms with Gasteiger partial charge in [0.05, 0.1) is 11.0 Å². The van der Waals surface area contributed by atoms with Gasteiger partial charge in [-0.2, -0.15) is 0 Å². The Hall–Kier alpha value is -5.68. The molecule has 0 unspecified atom stereocenters. The Kier molecular flexibility index (Phi) is 5.45. The predicted octanol–water partition coefficient (Wildman–Crippen LogP) is 13.6. The number of benzene rings is 8. The van der Waals surface area contributed by atoms with E-state index in [9.17, 15) is 0 Å². The molecule has 48 heavy (non-hydrogen) atoms. The van der Waals surface area contributed by atoms with Crippen LogP contribution in [0.1, 0.15) is 0 Å². The first kappa shape index (κ1) is 26.4. The third-order valence-corrected chi connectivity index (χ3v) is 12.1. The first-order valence-corrected chi connectivity index (χ1v) is 17.9. The van der Waals surface area contributed by atoms with Crippen LogP contribution in [0.5, 0.6) is 0 Å². The van der Waals surface area contributed by atoms with Crippen LogP contribution in [-0.2, 0) is 0 Å². The SMILES string of the molecule is c1ccc(N(c2ccccc2)c2ccc3sc4cc5ccc6cc7sc8ccccc8c7c7c6c5c(c4c3c2)n7-c2ccccc2)cc1. The summed E-state index contributed by atoms with van der Waals surface area (Å²) in [5.74, 6) is 0. The molecule has 3 aromatic heterocycles. The van der Waals surface area contributed by atoms with Gasteiger partial charge in [-0.05, 0) is 83.6 Å². The Bertz CT molecular complexity index is 2950. The van der Waals surface area contributed by atoms with Gasteiger partial charge in [0.1, 0.15) is 0 Å². The molecule has 0 atom stereocenters. The first-order valence-electron chi connectivity index (χ1n) is 16.3. The number of hydrogen-bond donors (Lipinski definition) is 0. The summed E-state index contributed by atoms with van der Waals surface area (Å²) in [5.41, 5.74) is 7.24. The van der Waals surface area contributed by atoms with Crippen LogP contribution < -0.4 is 4.90 Å². The third-order valence-electron chi connectivity index (χ3n) is 9.86. The molecule has 3 heterocycles. The van der Waals surface area contributed by atoms with Crippen LogP contribution >= 0.6 is 22.7 Å². The number of hydrogen-bond acceptors (Lipinski definition) is 3. The smallest absolute Gasteiger partial charge is 0.0640 e. The zero-order valence-electron chi connectivity index (χ0n) is 25.7. The fourth-order valence-electron chi connectivity index (χ4n) is 7.91. The molecule has 8 aromatic carbocycles. The molecule has 11 aromatic rings. The summed E-state index contributed by atoms with van der Waals surface area (Å²) >= 11 is 3.80. The summed E-state index contributed by atoms with van der Waals surface area (Å²) in [6.07, 6.45) is 0. The van der Waals surface area contributed by atoms with Crippen molar-refractivity contribution in [2.45, 2.75) is 0 Å². The lowest BCUT2D eigenvalue weighted by Gasteiger charge is -2.25. The van der Waals surface area contributed by atoms with Gasteiger partial charge in [0.2, 0.25) is 0 Å². The molecule has 0 aliphatic carbocycles. The maximum Gasteiger partial charge on any atom is 0.0640 e. The van der Waals surface area contributed by atoms with Crippen molar-refractivity contribution in [1.29, 1.82) is 0 Å². The van der Waals surface area contributed by atoms with Gasteiger partial charge in [-0.3, -0.25) is 0 Å². The Labute approximate surface area is 284 Å². The highest BCUT2D eigenvalue weighted by Crippen LogP contribution is 2.51. The van der Waals surface area contributed by atoms with E-state index in [-0.39, 0.29) is 0 Å². The number of nitrogens with zero attached hydrogens (tertiary/aromatic N) is 2. The molecule has 0 aliphatic rings. The molecule has 2 nitrogen and oxygen atoms in total. The highest BCUT2D eigenvalue weighted by molar-refractivity contribution is 7.26. The number of para-hydroxylation sites is 3. The Morgan fingerprint density at radius 2 is 0.896 bits per heavy atom. The van der Waals surface area contributed by atoms with Crippen LogP contribution in [0.15, 0.2) is 158 Å². The van der Waals surface area contributed by atoms with E-state index in [0.717, 1.165) is 17.1 Å². The first-order chi connectivity index (χ1) is 23.8. The molecule has 0 spiro atoms. The molecule has 224 valence electrons. The molecule has 11 rings (SSSR count). The number of fused-ring (bicyclic) bond motifs is 8. The van der Waals surface area contributed by atoms with Gasteiger partial charge in [-0.1, -0.05) is 84.9 Å². The highest BCUT2D eigenvalue weighted by atomic mass is 32.1. The lowest BCUT2D eigenvalue weighted by Crippen LogP contribution is -2.09. The van der Waals surface area contributed by atoms with Gasteiger partial charge in [0.15, 0.2) is 0 Å². The molecule has 0 radical (unpaired) electrons. The van der Waals surface area contributed by atoms with E-state index >= 15 is 0 Å². The lowest BCUT2D eigenvalue weighted by atomic mass is 9.98. The quantitative estimate of drug-likeness (QED) is 0.173. The van der Waals surface area contributed by atoms with Crippen LogP contribution in [0, 0.1) is 0 Å². The van der Waals surface area contributed by atoms with E-state index in [1.165, 1.54) is 78.6 Å². The van der Waals surface area contributed by atoms with Crippen molar-refractivity contribution >= 4 is 113 Å². The van der Waals surface area contributed by atoms with E-state index in [4.69, 9.17) is 0 Å². The molecule has 0 fully saturated rings. The number of rotatable bonds is 4. The highest BCUT2D eigenvalue weighted by Gasteiger charge is 2.25. The van der Waals surface area contributed by atoms with Crippen molar-refractivity contribution < 1.29 is 0 Å². The molecule has 0 saturated carbocycles. The predicted molar refractivity (Wildman–Crippen MR) is 210 cm³/mol. The fourth-order valence-corrected chi connectivity index (χ4v) is 10.2. The van der Waals surface area contributed by atoms with Crippen LogP contribution in [0.3, 0.4) is 0 Å². The minimum Gasteiger partial charge on any atom is -0.310 e. The average Bonchev–Trinajstić information content (AvgIpc) is 3.81. The minimum absolute atomic E-state index is 1.14. The maximum atomic E-state index is 2.58. The second-order valence-corrected chi connectivity index (χ2v) is 14.7. The molecule has 0 aliphatic heterocycles. The Morgan fingerprint density at radius 3 is 1.52 bits per heavy atom. The molecule has 0 amide bonds. The Morgan fingerprint density at radius 1 is 0.375 bits per heavy atom. The van der Waals surface area contributed by atoms with Gasteiger partial charge in [0, 0.05) is 73.9 Å². The normalized spacial score (nSPS) is 12.2. The molecule has 0 N–H and O–H groups in total. The summed E-state index contributed by atoms with van der Waals surface area (Å²) < 4.78 is 7.86. The van der Waals surface area contributed by atoms with Crippen LogP contribution in [-0.4, -0.2) is 4.57 Å². The van der Waals surface area contributed by atoms with E-state index in [2.05, 4.69) is 167 Å². The lowest BCUT2D eigenvalue weighted by molar-refractivity contribution is 1.20. The van der Waals surface area contributed by atoms with E-state index in [1.807, 2.05) is 22.7 Å². The summed E-state index contributed by atoms with van der Waals surface area (Å²) in [6.45, 7) is 0. The molecular weight excluding hydrogens is 621 g/mol. The Balaban J connectivity index is 1.33. The second-order valence-electron chi connectivity index (χ2n) is 12.5. The number of anilines is 3. The average molecular weight is 647 g/mol. The summed E-state index contributed by atoms with van der Waals surface area (Å²) in [5, 5.41) is 10.6. The summed E-state index contributed by atoms with van der Waals surface area (Å²) in [6, 6.07) is 57.8. The summed E-state index contributed by atoms with van der Waals surface area (Å²) in [4.78, 5) is 2.37. The standard InChI is InChI=1S/C44H26N2S2/c1-4-12-29(13-5-1)45(30-14-6-2-7-15-30)32-22-23-36-34(26-32)42-38(48-36)25-28-21-20-27-24-37-41(33-18-10-11-19-35(33)47-37)43-39(27)40(28)44(42)46(43)31-16-8-3-9-17-31/h1-26H. The van der Waals surface area contributed by atoms with Gasteiger partial charge in [-0.25, -0.2) is 0 Å². The van der Waals surface area contributed by atoms with Crippen LogP contribution in [0.25, 0.3) is 78.6 Å². The third kappa shape index (κ3) is 3.61. The number of aromatic nitrogens is 1. The van der Waals surface area contributed by atoms with Crippen molar-refractivity contribution in [3.05, 3.63) is 158 Å². The fraction of sp³-hybridized carbons (Fsp3) is 0. The van der Waals surface area contributed by atoms with Crippen LogP contribution in [0.2, 0.25) is 0 Å². The molecule has 0 saturated heterocycles. The zero-order chi connectivity index (χ0) is 31.3. The zero-order valence-corrected chi connectivity index (χ0v) is 27.4. The van der Waals surface area contributed by atoms with Gasteiger partial charge in [-0.15, -0.1) is 22.7 Å². The molecular formula is C44H26N2S2. The van der Waals surface area contributed by atoms with Crippen molar-refractivity contribution in [2.75, 3.05) is 4.90 Å². The summed E-state index contributed by atoms with van der Waals surface area (Å²) in [7, 11) is 0. The van der Waals surface area contributed by atoms with Gasteiger partial charge >= 0.3 is 0 Å². The minimum atomic E-state index is 1.14. The topological polar surface area (TPSA) is 8.17 Å². The van der Waals surface area contributed by atoms with Crippen LogP contribution in [0.4, 0.5) is 17.1 Å². The monoisotopic (exact) mass is 646 g/mol. The van der Waals surface area contributed by atoms with Gasteiger partial charge in [0.25, 0.3) is 0 Å². The van der Waals surface area contributed by atoms with Crippen molar-refractivity contribution in [3.63, 3.8) is 0 Å². The van der Waals surface area contributed by atoms with E-state index in [1.54, 1.807) is 0 Å². The molecule has 4 heteroatoms. The maximum absolute atomic E-state index is 2.58. The van der Waals surface area contributed by atoms with Crippen molar-refractivity contribution in [2.24, 2.45) is 0 Å².